The van der Waals surface area contributed by atoms with Crippen molar-refractivity contribution in [2.24, 2.45) is 4.99 Å². The Bertz CT molecular complexity index is 554. The topological polar surface area (TPSA) is 52.1 Å². The molecule has 6 heteroatoms. The summed E-state index contributed by atoms with van der Waals surface area (Å²) < 4.78 is 5.40. The van der Waals surface area contributed by atoms with Crippen LogP contribution in [0.15, 0.2) is 29.3 Å². The fraction of sp³-hybridized carbons (Fsp3) is 0.611. The first-order valence-corrected chi connectivity index (χ1v) is 8.90. The lowest BCUT2D eigenvalue weighted by atomic mass is 10.1. The van der Waals surface area contributed by atoms with Crippen LogP contribution in [0.25, 0.3) is 0 Å². The van der Waals surface area contributed by atoms with E-state index < -0.39 is 0 Å². The lowest BCUT2D eigenvalue weighted by Crippen LogP contribution is -2.63. The van der Waals surface area contributed by atoms with Gasteiger partial charge in [0.25, 0.3) is 0 Å². The van der Waals surface area contributed by atoms with Gasteiger partial charge < -0.3 is 15.4 Å². The first-order valence-electron chi connectivity index (χ1n) is 8.90. The van der Waals surface area contributed by atoms with Crippen LogP contribution in [-0.2, 0) is 6.54 Å². The highest BCUT2D eigenvalue weighted by Crippen LogP contribution is 2.18. The predicted molar refractivity (Wildman–Crippen MR) is 97.6 cm³/mol. The molecule has 2 N–H and O–H groups in total. The Hall–Kier alpha value is -1.79. The van der Waals surface area contributed by atoms with Crippen molar-refractivity contribution in [1.82, 2.24) is 20.4 Å². The number of guanidine groups is 1. The number of rotatable bonds is 6. The van der Waals surface area contributed by atoms with Crippen molar-refractivity contribution < 1.29 is 4.74 Å². The van der Waals surface area contributed by atoms with E-state index in [2.05, 4.69) is 33.4 Å². The molecular formula is C18H29N5O. The zero-order chi connectivity index (χ0) is 16.8. The fourth-order valence-electron chi connectivity index (χ4n) is 3.47. The van der Waals surface area contributed by atoms with Crippen LogP contribution >= 0.6 is 0 Å². The zero-order valence-corrected chi connectivity index (χ0v) is 14.8. The van der Waals surface area contributed by atoms with Crippen LogP contribution in [0.1, 0.15) is 12.5 Å². The highest BCUT2D eigenvalue weighted by atomic mass is 16.5. The second-order valence-corrected chi connectivity index (χ2v) is 6.38. The van der Waals surface area contributed by atoms with E-state index in [1.54, 1.807) is 7.11 Å². The molecule has 3 heterocycles. The summed E-state index contributed by atoms with van der Waals surface area (Å²) in [6, 6.07) is 8.63. The Morgan fingerprint density at radius 3 is 2.67 bits per heavy atom. The van der Waals surface area contributed by atoms with Gasteiger partial charge in [-0.05, 0) is 13.0 Å². The number of hydrogen-bond acceptors (Lipinski definition) is 4. The maximum Gasteiger partial charge on any atom is 0.191 e. The highest BCUT2D eigenvalue weighted by molar-refractivity contribution is 5.79. The molecule has 132 valence electrons. The number of nitrogens with zero attached hydrogens (tertiary/aromatic N) is 3. The summed E-state index contributed by atoms with van der Waals surface area (Å²) in [6.07, 6.45) is 0. The monoisotopic (exact) mass is 331 g/mol. The van der Waals surface area contributed by atoms with Crippen molar-refractivity contribution in [3.63, 3.8) is 0 Å². The van der Waals surface area contributed by atoms with Crippen LogP contribution in [0.3, 0.4) is 0 Å². The van der Waals surface area contributed by atoms with E-state index >= 15 is 0 Å². The van der Waals surface area contributed by atoms with E-state index in [-0.39, 0.29) is 0 Å². The fourth-order valence-corrected chi connectivity index (χ4v) is 3.47. The molecule has 2 bridgehead atoms. The third-order valence-electron chi connectivity index (χ3n) is 4.84. The molecule has 0 aromatic heterocycles. The zero-order valence-electron chi connectivity index (χ0n) is 14.8. The van der Waals surface area contributed by atoms with E-state index in [0.717, 1.165) is 30.4 Å². The van der Waals surface area contributed by atoms with Gasteiger partial charge in [0, 0.05) is 57.4 Å². The Morgan fingerprint density at radius 1 is 1.21 bits per heavy atom. The first kappa shape index (κ1) is 17.0. The molecule has 1 atom stereocenters. The molecule has 0 radical (unpaired) electrons. The summed E-state index contributed by atoms with van der Waals surface area (Å²) in [5, 5.41) is 6.85. The summed E-state index contributed by atoms with van der Waals surface area (Å²) in [5.41, 5.74) is 1.10. The highest BCUT2D eigenvalue weighted by Gasteiger charge is 2.31. The van der Waals surface area contributed by atoms with E-state index in [1.807, 2.05) is 18.2 Å². The number of ether oxygens (including phenoxy) is 1. The van der Waals surface area contributed by atoms with Gasteiger partial charge in [0.05, 0.1) is 13.7 Å². The van der Waals surface area contributed by atoms with Gasteiger partial charge in [-0.2, -0.15) is 0 Å². The first-order chi connectivity index (χ1) is 11.8. The third-order valence-corrected chi connectivity index (χ3v) is 4.84. The van der Waals surface area contributed by atoms with Crippen molar-refractivity contribution in [3.8, 4) is 5.75 Å². The predicted octanol–water partition coefficient (Wildman–Crippen LogP) is 0.750. The van der Waals surface area contributed by atoms with Crippen LogP contribution in [0.4, 0.5) is 0 Å². The van der Waals surface area contributed by atoms with Gasteiger partial charge in [-0.15, -0.1) is 0 Å². The molecule has 1 unspecified atom stereocenters. The summed E-state index contributed by atoms with van der Waals surface area (Å²) in [4.78, 5) is 9.88. The van der Waals surface area contributed by atoms with Crippen LogP contribution in [0, 0.1) is 0 Å². The van der Waals surface area contributed by atoms with Gasteiger partial charge in [0.2, 0.25) is 0 Å². The quantitative estimate of drug-likeness (QED) is 0.595. The average Bonchev–Trinajstić information content (AvgIpc) is 2.65. The van der Waals surface area contributed by atoms with Gasteiger partial charge in [0.15, 0.2) is 5.96 Å². The molecule has 3 aliphatic rings. The summed E-state index contributed by atoms with van der Waals surface area (Å²) in [6.45, 7) is 10.5. The molecule has 3 fully saturated rings. The molecule has 0 saturated carbocycles. The lowest BCUT2D eigenvalue weighted by Gasteiger charge is -2.47. The van der Waals surface area contributed by atoms with Crippen LogP contribution in [0.2, 0.25) is 0 Å². The number of benzene rings is 1. The molecule has 0 amide bonds. The van der Waals surface area contributed by atoms with Crippen LogP contribution < -0.4 is 15.4 Å². The Kier molecular flexibility index (Phi) is 5.93. The SMILES string of the molecule is CCNC(=NCc1ccccc1OC)NCC1CN2CCN1CC2. The van der Waals surface area contributed by atoms with E-state index in [1.165, 1.54) is 32.7 Å². The van der Waals surface area contributed by atoms with Crippen molar-refractivity contribution in [1.29, 1.82) is 0 Å². The van der Waals surface area contributed by atoms with Gasteiger partial charge in [0.1, 0.15) is 5.75 Å². The van der Waals surface area contributed by atoms with Gasteiger partial charge in [-0.1, -0.05) is 18.2 Å². The summed E-state index contributed by atoms with van der Waals surface area (Å²) in [5.74, 6) is 1.77. The minimum Gasteiger partial charge on any atom is -0.496 e. The van der Waals surface area contributed by atoms with Crippen molar-refractivity contribution >= 4 is 5.96 Å². The number of piperazine rings is 3. The molecule has 0 spiro atoms. The third kappa shape index (κ3) is 4.19. The lowest BCUT2D eigenvalue weighted by molar-refractivity contribution is 0.0154. The second kappa shape index (κ2) is 8.35. The average molecular weight is 331 g/mol. The standard InChI is InChI=1S/C18H29N5O/c1-3-19-18(20-12-15-6-4-5-7-17(15)24-2)21-13-16-14-22-8-10-23(16)11-9-22/h4-7,16H,3,8-14H2,1-2H3,(H2,19,20,21). The second-order valence-electron chi connectivity index (χ2n) is 6.38. The van der Waals surface area contributed by atoms with Crippen molar-refractivity contribution in [3.05, 3.63) is 29.8 Å². The van der Waals surface area contributed by atoms with Gasteiger partial charge in [-0.3, -0.25) is 9.80 Å². The Morgan fingerprint density at radius 2 is 2.00 bits per heavy atom. The van der Waals surface area contributed by atoms with Crippen molar-refractivity contribution in [2.75, 3.05) is 52.9 Å². The largest absolute Gasteiger partial charge is 0.496 e. The molecule has 3 saturated heterocycles. The summed E-state index contributed by atoms with van der Waals surface area (Å²) in [7, 11) is 1.70. The van der Waals surface area contributed by atoms with Crippen LogP contribution in [-0.4, -0.2) is 74.7 Å². The number of nitrogens with one attached hydrogen (secondary N) is 2. The van der Waals surface area contributed by atoms with Gasteiger partial charge in [-0.25, -0.2) is 4.99 Å². The normalized spacial score (nSPS) is 26.2. The number of hydrogen-bond donors (Lipinski definition) is 2. The number of fused-ring (bicyclic) bond motifs is 3. The van der Waals surface area contributed by atoms with E-state index in [0.29, 0.717) is 12.6 Å². The maximum absolute atomic E-state index is 5.40. The number of para-hydroxylation sites is 1. The number of aliphatic imine (C=N–C) groups is 1. The molecule has 4 rings (SSSR count). The van der Waals surface area contributed by atoms with E-state index in [4.69, 9.17) is 9.73 Å². The van der Waals surface area contributed by atoms with Crippen LogP contribution in [0.5, 0.6) is 5.75 Å². The molecule has 24 heavy (non-hydrogen) atoms. The molecular weight excluding hydrogens is 302 g/mol. The van der Waals surface area contributed by atoms with E-state index in [9.17, 15) is 0 Å². The smallest absolute Gasteiger partial charge is 0.191 e. The molecule has 3 aliphatic heterocycles. The minimum absolute atomic E-state index is 0.586. The molecule has 0 aliphatic carbocycles. The van der Waals surface area contributed by atoms with Gasteiger partial charge >= 0.3 is 0 Å². The number of methoxy groups -OCH3 is 1. The maximum atomic E-state index is 5.40. The summed E-state index contributed by atoms with van der Waals surface area (Å²) >= 11 is 0. The Labute approximate surface area is 144 Å². The van der Waals surface area contributed by atoms with Crippen molar-refractivity contribution in [2.45, 2.75) is 19.5 Å². The Balaban J connectivity index is 1.57. The molecule has 6 nitrogen and oxygen atoms in total. The minimum atomic E-state index is 0.586. The molecule has 1 aromatic carbocycles. The molecule has 1 aromatic rings.